The van der Waals surface area contributed by atoms with E-state index in [0.717, 1.165) is 5.56 Å². The molecule has 0 saturated carbocycles. The molecule has 0 spiro atoms. The van der Waals surface area contributed by atoms with E-state index in [1.807, 2.05) is 78.8 Å². The number of hydrogen-bond acceptors (Lipinski definition) is 6. The van der Waals surface area contributed by atoms with Crippen LogP contribution in [0.3, 0.4) is 0 Å². The van der Waals surface area contributed by atoms with Crippen molar-refractivity contribution in [1.29, 1.82) is 0 Å². The number of benzene rings is 2. The van der Waals surface area contributed by atoms with Crippen LogP contribution >= 0.6 is 11.6 Å². The first kappa shape index (κ1) is 38.0. The Morgan fingerprint density at radius 3 is 1.98 bits per heavy atom. The predicted molar refractivity (Wildman–Crippen MR) is 181 cm³/mol. The van der Waals surface area contributed by atoms with Gasteiger partial charge in [0.1, 0.15) is 6.04 Å². The molecule has 9 nitrogen and oxygen atoms in total. The summed E-state index contributed by atoms with van der Waals surface area (Å²) in [6, 6.07) is 13.9. The second-order valence-electron chi connectivity index (χ2n) is 13.5. The van der Waals surface area contributed by atoms with Crippen molar-refractivity contribution >= 4 is 39.3 Å². The van der Waals surface area contributed by atoms with Gasteiger partial charge in [-0.05, 0) is 48.6 Å². The Morgan fingerprint density at radius 2 is 1.49 bits per heavy atom. The maximum atomic E-state index is 14.1. The molecule has 2 rings (SSSR count). The van der Waals surface area contributed by atoms with Crippen LogP contribution in [0, 0.1) is 11.3 Å². The van der Waals surface area contributed by atoms with E-state index in [-0.39, 0.29) is 23.3 Å². The monoisotopic (exact) mass is 660 g/mol. The van der Waals surface area contributed by atoms with Crippen LogP contribution in [-0.4, -0.2) is 63.3 Å². The van der Waals surface area contributed by atoms with E-state index < -0.39 is 50.6 Å². The zero-order valence-corrected chi connectivity index (χ0v) is 29.6. The normalized spacial score (nSPS) is 14.8. The Labute approximate surface area is 274 Å². The molecule has 0 aliphatic carbocycles. The molecule has 45 heavy (non-hydrogen) atoms. The third-order valence-corrected chi connectivity index (χ3v) is 9.43. The number of carbonyl (C=O) groups is 3. The van der Waals surface area contributed by atoms with E-state index in [0.29, 0.717) is 10.6 Å². The minimum atomic E-state index is -3.99. The molecule has 0 bridgehead atoms. The number of nitrogens with one attached hydrogen (secondary N) is 3. The number of amides is 3. The van der Waals surface area contributed by atoms with Crippen LogP contribution in [-0.2, 0) is 35.6 Å². The molecule has 3 amide bonds. The average Bonchev–Trinajstić information content (AvgIpc) is 2.94. The van der Waals surface area contributed by atoms with Crippen LogP contribution in [0.4, 0.5) is 0 Å². The Balaban J connectivity index is 2.29. The van der Waals surface area contributed by atoms with E-state index >= 15 is 0 Å². The van der Waals surface area contributed by atoms with E-state index in [4.69, 9.17) is 11.6 Å². The van der Waals surface area contributed by atoms with Crippen molar-refractivity contribution in [3.05, 3.63) is 82.4 Å². The summed E-state index contributed by atoms with van der Waals surface area (Å²) >= 11 is 5.88. The molecule has 0 radical (unpaired) electrons. The van der Waals surface area contributed by atoms with E-state index in [2.05, 4.69) is 15.4 Å². The van der Waals surface area contributed by atoms with Crippen LogP contribution in [0.5, 0.6) is 0 Å². The molecule has 0 aliphatic rings. The van der Waals surface area contributed by atoms with E-state index in [1.165, 1.54) is 11.8 Å². The topological polar surface area (TPSA) is 125 Å². The lowest BCUT2D eigenvalue weighted by Gasteiger charge is -2.40. The molecular weight excluding hydrogens is 612 g/mol. The van der Waals surface area contributed by atoms with Crippen LogP contribution in [0.25, 0.3) is 0 Å². The quantitative estimate of drug-likeness (QED) is 0.265. The van der Waals surface area contributed by atoms with Gasteiger partial charge in [0.2, 0.25) is 21.8 Å². The molecule has 0 aromatic heterocycles. The third kappa shape index (κ3) is 10.4. The first-order chi connectivity index (χ1) is 20.7. The number of sulfonamides is 1. The van der Waals surface area contributed by atoms with Gasteiger partial charge in [-0.2, -0.15) is 0 Å². The summed E-state index contributed by atoms with van der Waals surface area (Å²) in [6.45, 7) is 14.9. The van der Waals surface area contributed by atoms with Crippen LogP contribution in [0.1, 0.15) is 66.5 Å². The highest BCUT2D eigenvalue weighted by Gasteiger charge is 2.41. The Hall–Kier alpha value is -3.21. The minimum Gasteiger partial charge on any atom is -0.342 e. The lowest BCUT2D eigenvalue weighted by molar-refractivity contribution is -0.140. The molecule has 0 heterocycles. The molecule has 2 aromatic rings. The van der Waals surface area contributed by atoms with Gasteiger partial charge in [0.05, 0.1) is 17.8 Å². The van der Waals surface area contributed by atoms with Crippen molar-refractivity contribution in [1.82, 2.24) is 20.3 Å². The van der Waals surface area contributed by atoms with Gasteiger partial charge >= 0.3 is 0 Å². The van der Waals surface area contributed by atoms with Gasteiger partial charge in [-0.15, -0.1) is 0 Å². The molecular formula is C34H49ClN4O5S. The third-order valence-electron chi connectivity index (χ3n) is 7.96. The predicted octanol–water partition coefficient (Wildman–Crippen LogP) is 4.81. The highest BCUT2D eigenvalue weighted by Crippen LogP contribution is 2.29. The van der Waals surface area contributed by atoms with Gasteiger partial charge in [0.15, 0.2) is 0 Å². The fourth-order valence-electron chi connectivity index (χ4n) is 5.22. The van der Waals surface area contributed by atoms with Crippen molar-refractivity contribution in [3.8, 4) is 0 Å². The molecule has 2 aromatic carbocycles. The second kappa shape index (κ2) is 15.4. The number of rotatable bonds is 13. The zero-order valence-electron chi connectivity index (χ0n) is 28.1. The Bertz CT molecular complexity index is 1470. The van der Waals surface area contributed by atoms with Crippen molar-refractivity contribution < 1.29 is 22.8 Å². The van der Waals surface area contributed by atoms with Gasteiger partial charge in [-0.3, -0.25) is 14.4 Å². The van der Waals surface area contributed by atoms with Crippen LogP contribution in [0.15, 0.2) is 66.2 Å². The molecule has 3 N–H and O–H groups in total. The standard InChI is InChI=1S/C34H49ClN4O5S/c1-22(2)27(20-23(3)30(40)38-45(43,44)21-24-16-18-26(35)19-17-24)39(10)32(42)29(33(4,5)6)37-31(41)28(36-9)34(7,8)25-14-12-11-13-15-25/h11-20,22,27-29,36H,21H2,1-10H3,(H,37,41)(H,38,40). The minimum absolute atomic E-state index is 0.134. The lowest BCUT2D eigenvalue weighted by atomic mass is 9.76. The van der Waals surface area contributed by atoms with E-state index in [1.54, 1.807) is 44.4 Å². The molecule has 0 aliphatic heterocycles. The summed E-state index contributed by atoms with van der Waals surface area (Å²) in [6.07, 6.45) is 1.59. The van der Waals surface area contributed by atoms with E-state index in [9.17, 15) is 22.8 Å². The van der Waals surface area contributed by atoms with Gasteiger partial charge in [-0.25, -0.2) is 13.1 Å². The highest BCUT2D eigenvalue weighted by atomic mass is 35.5. The summed E-state index contributed by atoms with van der Waals surface area (Å²) in [4.78, 5) is 42.3. The summed E-state index contributed by atoms with van der Waals surface area (Å²) in [5.74, 6) is -1.95. The number of carbonyl (C=O) groups excluding carboxylic acids is 3. The molecule has 3 unspecified atom stereocenters. The zero-order chi connectivity index (χ0) is 34.3. The fourth-order valence-corrected chi connectivity index (χ4v) is 6.49. The second-order valence-corrected chi connectivity index (χ2v) is 15.6. The Kier molecular flexibility index (Phi) is 13.0. The number of hydrogen-bond donors (Lipinski definition) is 3. The number of nitrogens with zero attached hydrogens (tertiary/aromatic N) is 1. The van der Waals surface area contributed by atoms with Gasteiger partial charge in [0, 0.05) is 23.1 Å². The summed E-state index contributed by atoms with van der Waals surface area (Å²) in [7, 11) is -0.645. The number of halogens is 1. The average molecular weight is 661 g/mol. The summed E-state index contributed by atoms with van der Waals surface area (Å²) < 4.78 is 27.5. The molecule has 0 fully saturated rings. The Morgan fingerprint density at radius 1 is 0.933 bits per heavy atom. The maximum absolute atomic E-state index is 14.1. The van der Waals surface area contributed by atoms with Gasteiger partial charge in [0.25, 0.3) is 5.91 Å². The first-order valence-corrected chi connectivity index (χ1v) is 17.0. The SMILES string of the molecule is CNC(C(=O)NC(C(=O)N(C)C(C=C(C)C(=O)NS(=O)(=O)Cc1ccc(Cl)cc1)C(C)C)C(C)(C)C)C(C)(C)c1ccccc1. The first-order valence-electron chi connectivity index (χ1n) is 15.0. The smallest absolute Gasteiger partial charge is 0.260 e. The molecule has 248 valence electrons. The number of likely N-dealkylation sites (N-methyl/N-ethyl adjacent to an activating group) is 2. The van der Waals surface area contributed by atoms with Crippen molar-refractivity contribution in [2.24, 2.45) is 11.3 Å². The largest absolute Gasteiger partial charge is 0.342 e. The van der Waals surface area contributed by atoms with Crippen molar-refractivity contribution in [3.63, 3.8) is 0 Å². The molecule has 11 heteroatoms. The van der Waals surface area contributed by atoms with Gasteiger partial charge in [-0.1, -0.05) is 109 Å². The highest BCUT2D eigenvalue weighted by molar-refractivity contribution is 7.89. The summed E-state index contributed by atoms with van der Waals surface area (Å²) in [5.41, 5.74) is 0.367. The lowest BCUT2D eigenvalue weighted by Crippen LogP contribution is -2.61. The maximum Gasteiger partial charge on any atom is 0.260 e. The van der Waals surface area contributed by atoms with Crippen LogP contribution in [0.2, 0.25) is 5.02 Å². The molecule has 0 saturated heterocycles. The molecule has 3 atom stereocenters. The summed E-state index contributed by atoms with van der Waals surface area (Å²) in [5, 5.41) is 6.62. The fraction of sp³-hybridized carbons (Fsp3) is 0.500. The van der Waals surface area contributed by atoms with Crippen LogP contribution < -0.4 is 15.4 Å². The van der Waals surface area contributed by atoms with Gasteiger partial charge < -0.3 is 15.5 Å². The van der Waals surface area contributed by atoms with Crippen molar-refractivity contribution in [2.45, 2.75) is 84.7 Å². The van der Waals surface area contributed by atoms with Crippen molar-refractivity contribution in [2.75, 3.05) is 14.1 Å².